The molecule has 0 bridgehead atoms. The number of hydrogen-bond donors (Lipinski definition) is 5. The first-order valence-electron chi connectivity index (χ1n) is 33.4. The van der Waals surface area contributed by atoms with Crippen molar-refractivity contribution < 1.29 is 47.7 Å². The average molecular weight is 1140 g/mol. The number of esters is 5. The van der Waals surface area contributed by atoms with Crippen LogP contribution in [0.5, 0.6) is 0 Å². The van der Waals surface area contributed by atoms with Crippen LogP contribution in [0.25, 0.3) is 0 Å². The van der Waals surface area contributed by atoms with Crippen LogP contribution in [0.1, 0.15) is 291 Å². The molecular formula is C65H125N5O10. The van der Waals surface area contributed by atoms with E-state index in [1.165, 1.54) is 96.3 Å². The Labute approximate surface area is 489 Å². The van der Waals surface area contributed by atoms with E-state index >= 15 is 0 Å². The van der Waals surface area contributed by atoms with Crippen LogP contribution in [-0.2, 0) is 47.7 Å². The number of carbonyl (C=O) groups is 5. The van der Waals surface area contributed by atoms with Crippen molar-refractivity contribution in [1.29, 1.82) is 0 Å². The first-order valence-corrected chi connectivity index (χ1v) is 33.4. The van der Waals surface area contributed by atoms with E-state index in [1.807, 2.05) is 0 Å². The molecule has 0 aromatic heterocycles. The van der Waals surface area contributed by atoms with E-state index in [-0.39, 0.29) is 29.8 Å². The molecule has 0 aromatic rings. The summed E-state index contributed by atoms with van der Waals surface area (Å²) in [6.07, 6.45) is 41.0. The van der Waals surface area contributed by atoms with Crippen molar-refractivity contribution >= 4 is 29.8 Å². The third kappa shape index (κ3) is 54.4. The molecule has 1 rings (SSSR count). The fourth-order valence-electron chi connectivity index (χ4n) is 10.4. The zero-order chi connectivity index (χ0) is 58.2. The lowest BCUT2D eigenvalue weighted by atomic mass is 10.1. The van der Waals surface area contributed by atoms with E-state index in [0.717, 1.165) is 128 Å². The molecule has 1 aliphatic heterocycles. The molecule has 1 aliphatic rings. The van der Waals surface area contributed by atoms with Gasteiger partial charge in [-0.1, -0.05) is 161 Å². The molecule has 15 heteroatoms. The van der Waals surface area contributed by atoms with Gasteiger partial charge in [0.2, 0.25) is 0 Å². The number of rotatable bonds is 0. The minimum absolute atomic E-state index is 0.0967. The van der Waals surface area contributed by atoms with E-state index in [1.54, 1.807) is 0 Å². The normalized spacial score (nSPS) is 26.8. The Morgan fingerprint density at radius 2 is 0.362 bits per heavy atom. The van der Waals surface area contributed by atoms with Crippen molar-refractivity contribution in [3.05, 3.63) is 0 Å². The van der Waals surface area contributed by atoms with Gasteiger partial charge < -0.3 is 50.3 Å². The molecule has 0 radical (unpaired) electrons. The zero-order valence-corrected chi connectivity index (χ0v) is 52.3. The largest absolute Gasteiger partial charge is 0.464 e. The summed E-state index contributed by atoms with van der Waals surface area (Å²) in [5, 5.41) is 17.5. The Morgan fingerprint density at radius 3 is 0.525 bits per heavy atom. The fourth-order valence-corrected chi connectivity index (χ4v) is 10.4. The molecule has 0 saturated carbocycles. The molecule has 15 nitrogen and oxygen atoms in total. The van der Waals surface area contributed by atoms with Gasteiger partial charge in [-0.25, -0.2) is 0 Å². The van der Waals surface area contributed by atoms with Crippen LogP contribution in [0, 0.1) is 0 Å². The summed E-state index contributed by atoms with van der Waals surface area (Å²) >= 11 is 0. The van der Waals surface area contributed by atoms with Crippen LogP contribution >= 0.6 is 0 Å². The molecule has 1 fully saturated rings. The highest BCUT2D eigenvalue weighted by Gasteiger charge is 2.11. The Morgan fingerprint density at radius 1 is 0.225 bits per heavy atom. The average Bonchev–Trinajstić information content (AvgIpc) is 3.43. The van der Waals surface area contributed by atoms with Crippen molar-refractivity contribution in [2.75, 3.05) is 65.8 Å². The van der Waals surface area contributed by atoms with E-state index in [4.69, 9.17) is 23.7 Å². The van der Waals surface area contributed by atoms with Crippen LogP contribution in [0.15, 0.2) is 0 Å². The summed E-state index contributed by atoms with van der Waals surface area (Å²) in [5.41, 5.74) is 0. The van der Waals surface area contributed by atoms with Crippen LogP contribution < -0.4 is 26.6 Å². The second-order valence-electron chi connectivity index (χ2n) is 23.7. The Kier molecular flexibility index (Phi) is 53.2. The monoisotopic (exact) mass is 1140 g/mol. The molecule has 1 unspecified atom stereocenters. The van der Waals surface area contributed by atoms with Crippen LogP contribution in [0.4, 0.5) is 0 Å². The van der Waals surface area contributed by atoms with Crippen molar-refractivity contribution in [3.8, 4) is 0 Å². The molecule has 1 heterocycles. The van der Waals surface area contributed by atoms with E-state index in [9.17, 15) is 24.0 Å². The number of carbonyl (C=O) groups excluding carboxylic acids is 5. The van der Waals surface area contributed by atoms with Gasteiger partial charge in [0.15, 0.2) is 0 Å². The maximum absolute atomic E-state index is 12.2. The van der Waals surface area contributed by atoms with Gasteiger partial charge in [0.1, 0.15) is 33.0 Å². The van der Waals surface area contributed by atoms with E-state index in [0.29, 0.717) is 128 Å². The second-order valence-corrected chi connectivity index (χ2v) is 23.7. The lowest BCUT2D eigenvalue weighted by Crippen LogP contribution is -2.30. The van der Waals surface area contributed by atoms with Gasteiger partial charge >= 0.3 is 29.8 Å². The quantitative estimate of drug-likeness (QED) is 0.114. The highest BCUT2D eigenvalue weighted by Crippen LogP contribution is 2.15. The Bertz CT molecular complexity index is 1220. The minimum atomic E-state index is -0.0967. The second kappa shape index (κ2) is 56.6. The van der Waals surface area contributed by atoms with Crippen molar-refractivity contribution in [2.45, 2.75) is 322 Å². The van der Waals surface area contributed by atoms with Gasteiger partial charge in [-0.2, -0.15) is 0 Å². The summed E-state index contributed by atoms with van der Waals surface area (Å²) in [6, 6.07) is 1.96. The number of hydrogen-bond acceptors (Lipinski definition) is 15. The molecule has 1 saturated heterocycles. The molecule has 0 amide bonds. The Hall–Kier alpha value is -2.85. The number of nitrogens with one attached hydrogen (secondary N) is 5. The molecular weight excluding hydrogens is 1010 g/mol. The van der Waals surface area contributed by atoms with Crippen molar-refractivity contribution in [1.82, 2.24) is 26.6 Å². The molecule has 5 atom stereocenters. The van der Waals surface area contributed by atoms with E-state index in [2.05, 4.69) is 61.2 Å². The number of ether oxygens (including phenoxy) is 5. The van der Waals surface area contributed by atoms with Crippen LogP contribution in [0.2, 0.25) is 0 Å². The van der Waals surface area contributed by atoms with Gasteiger partial charge in [0, 0.05) is 95.0 Å². The minimum Gasteiger partial charge on any atom is -0.464 e. The SMILES string of the molecule is CC1CCCCCCCCC(=O)OCCN[C@@H](C)CCCCCCCCC(=O)OCCN[C@@H](C)CCCCCCCCC(=O)OCCN[C@@H](C)CCCCCCCCC(=O)OCCN[C@@H](C)CCCCCCCCC(=O)OCCN1. The van der Waals surface area contributed by atoms with Crippen molar-refractivity contribution in [2.24, 2.45) is 0 Å². The summed E-state index contributed by atoms with van der Waals surface area (Å²) in [4.78, 5) is 61.2. The first-order chi connectivity index (χ1) is 38.9. The summed E-state index contributed by atoms with van der Waals surface area (Å²) in [5.74, 6) is -0.483. The van der Waals surface area contributed by atoms with Crippen molar-refractivity contribution in [3.63, 3.8) is 0 Å². The molecule has 0 spiro atoms. The third-order valence-corrected chi connectivity index (χ3v) is 15.6. The highest BCUT2D eigenvalue weighted by atomic mass is 16.5. The standard InChI is InChI=1S/C65H125N5O10/c1-56-36-26-16-6-11-21-31-42-62(72)77-52-47-67-58(3)38-28-18-8-13-23-33-44-64(74)79-54-49-69-60(5)40-30-20-10-15-25-35-45-65(75)80-55-50-70-59(4)39-29-19-9-14-24-34-43-63(73)78-53-48-68-57(2)37-27-17-7-12-22-32-41-61(71)76-51-46-66-56/h56-60,66-70H,6-55H2,1-5H3/t56-,57-,58-,59-,60?/m0/s1. The fraction of sp³-hybridized carbons (Fsp3) is 0.923. The summed E-state index contributed by atoms with van der Waals surface area (Å²) in [7, 11) is 0. The van der Waals surface area contributed by atoms with E-state index < -0.39 is 0 Å². The highest BCUT2D eigenvalue weighted by molar-refractivity contribution is 5.70. The predicted octanol–water partition coefficient (Wildman–Crippen LogP) is 13.2. The van der Waals surface area contributed by atoms with Gasteiger partial charge in [-0.05, 0) is 98.8 Å². The summed E-state index contributed by atoms with van der Waals surface area (Å²) in [6.45, 7) is 16.5. The van der Waals surface area contributed by atoms with Gasteiger partial charge in [-0.3, -0.25) is 24.0 Å². The van der Waals surface area contributed by atoms with Crippen LogP contribution in [0.3, 0.4) is 0 Å². The lowest BCUT2D eigenvalue weighted by Gasteiger charge is -2.14. The van der Waals surface area contributed by atoms with Gasteiger partial charge in [0.05, 0.1) is 0 Å². The third-order valence-electron chi connectivity index (χ3n) is 15.6. The molecule has 0 aromatic carbocycles. The molecule has 470 valence electrons. The predicted molar refractivity (Wildman–Crippen MR) is 327 cm³/mol. The molecule has 80 heavy (non-hydrogen) atoms. The zero-order valence-electron chi connectivity index (χ0n) is 52.3. The maximum atomic E-state index is 12.2. The maximum Gasteiger partial charge on any atom is 0.305 e. The Balaban J connectivity index is 2.27. The topological polar surface area (TPSA) is 192 Å². The van der Waals surface area contributed by atoms with Gasteiger partial charge in [-0.15, -0.1) is 0 Å². The first kappa shape index (κ1) is 75.2. The van der Waals surface area contributed by atoms with Crippen LogP contribution in [-0.4, -0.2) is 126 Å². The smallest absolute Gasteiger partial charge is 0.305 e. The lowest BCUT2D eigenvalue weighted by molar-refractivity contribution is -0.144. The number of cyclic esters (lactones) is 5. The molecule has 5 N–H and O–H groups in total. The molecule has 0 aliphatic carbocycles. The summed E-state index contributed by atoms with van der Waals surface area (Å²) < 4.78 is 27.4. The van der Waals surface area contributed by atoms with Gasteiger partial charge in [0.25, 0.3) is 0 Å².